The first kappa shape index (κ1) is 12.5. The molecule has 0 unspecified atom stereocenters. The van der Waals surface area contributed by atoms with E-state index in [0.717, 1.165) is 30.5 Å². The van der Waals surface area contributed by atoms with Gasteiger partial charge in [0.1, 0.15) is 0 Å². The van der Waals surface area contributed by atoms with E-state index in [1.807, 2.05) is 35.0 Å². The minimum Gasteiger partial charge on any atom is -0.296 e. The Balaban J connectivity index is 2.37. The van der Waals surface area contributed by atoms with Crippen LogP contribution in [-0.2, 0) is 6.54 Å². The van der Waals surface area contributed by atoms with Crippen molar-refractivity contribution in [2.24, 2.45) is 5.92 Å². The molecule has 18 heavy (non-hydrogen) atoms. The van der Waals surface area contributed by atoms with Crippen LogP contribution in [0.25, 0.3) is 11.3 Å². The molecule has 1 heterocycles. The Morgan fingerprint density at radius 2 is 2.00 bits per heavy atom. The fraction of sp³-hybridized carbons (Fsp3) is 0.357. The average molecular weight is 243 g/mol. The van der Waals surface area contributed by atoms with Crippen LogP contribution in [0, 0.1) is 5.92 Å². The summed E-state index contributed by atoms with van der Waals surface area (Å²) >= 11 is 0. The second-order valence-electron chi connectivity index (χ2n) is 4.71. The average Bonchev–Trinajstić information content (AvgIpc) is 2.80. The van der Waals surface area contributed by atoms with Crippen molar-refractivity contribution in [3.8, 4) is 11.3 Å². The van der Waals surface area contributed by atoms with Crippen molar-refractivity contribution < 1.29 is 4.79 Å². The lowest BCUT2D eigenvalue weighted by atomic mass is 10.1. The number of benzene rings is 1. The van der Waals surface area contributed by atoms with E-state index >= 15 is 0 Å². The molecule has 0 atom stereocenters. The second-order valence-corrected chi connectivity index (χ2v) is 4.71. The number of rotatable bonds is 5. The minimum absolute atomic E-state index is 0.407. The van der Waals surface area contributed by atoms with Gasteiger partial charge in [-0.25, -0.2) is 4.68 Å². The van der Waals surface area contributed by atoms with Crippen LogP contribution in [0.3, 0.4) is 0 Å². The zero-order valence-electron chi connectivity index (χ0n) is 10.7. The van der Waals surface area contributed by atoms with E-state index in [4.69, 9.17) is 0 Å². The Kier molecular flexibility index (Phi) is 3.87. The van der Waals surface area contributed by atoms with Gasteiger partial charge < -0.3 is 0 Å². The SMILES string of the molecule is CC(C)CCn1nnc(C=O)c1-c1ccccc1. The van der Waals surface area contributed by atoms with Crippen molar-refractivity contribution in [3.05, 3.63) is 36.0 Å². The van der Waals surface area contributed by atoms with Crippen LogP contribution < -0.4 is 0 Å². The highest BCUT2D eigenvalue weighted by atomic mass is 16.1. The Morgan fingerprint density at radius 1 is 1.28 bits per heavy atom. The van der Waals surface area contributed by atoms with Crippen LogP contribution in [0.4, 0.5) is 0 Å². The third-order valence-electron chi connectivity index (χ3n) is 2.84. The molecule has 0 saturated heterocycles. The fourth-order valence-corrected chi connectivity index (χ4v) is 1.84. The molecule has 0 fully saturated rings. The van der Waals surface area contributed by atoms with E-state index in [9.17, 15) is 4.79 Å². The molecule has 0 aliphatic heterocycles. The molecule has 1 aromatic carbocycles. The number of hydrogen-bond donors (Lipinski definition) is 0. The van der Waals surface area contributed by atoms with E-state index in [-0.39, 0.29) is 0 Å². The molecule has 1 aromatic heterocycles. The van der Waals surface area contributed by atoms with Gasteiger partial charge in [-0.15, -0.1) is 5.10 Å². The second kappa shape index (κ2) is 5.58. The first-order chi connectivity index (χ1) is 8.72. The predicted molar refractivity (Wildman–Crippen MR) is 70.3 cm³/mol. The first-order valence-corrected chi connectivity index (χ1v) is 6.16. The summed E-state index contributed by atoms with van der Waals surface area (Å²) in [4.78, 5) is 11.0. The maximum absolute atomic E-state index is 11.0. The summed E-state index contributed by atoms with van der Waals surface area (Å²) in [5, 5.41) is 8.00. The third kappa shape index (κ3) is 2.64. The maximum atomic E-state index is 11.0. The number of hydrogen-bond acceptors (Lipinski definition) is 3. The molecule has 0 radical (unpaired) electrons. The summed E-state index contributed by atoms with van der Waals surface area (Å²) in [6.45, 7) is 5.11. The van der Waals surface area contributed by atoms with Gasteiger partial charge in [-0.3, -0.25) is 4.79 Å². The number of aromatic nitrogens is 3. The van der Waals surface area contributed by atoms with Gasteiger partial charge in [-0.2, -0.15) is 0 Å². The molecule has 4 nitrogen and oxygen atoms in total. The van der Waals surface area contributed by atoms with Crippen molar-refractivity contribution in [1.82, 2.24) is 15.0 Å². The van der Waals surface area contributed by atoms with E-state index in [1.54, 1.807) is 0 Å². The number of carbonyl (C=O) groups is 1. The quantitative estimate of drug-likeness (QED) is 0.759. The zero-order chi connectivity index (χ0) is 13.0. The van der Waals surface area contributed by atoms with Crippen LogP contribution >= 0.6 is 0 Å². The molecule has 0 aliphatic carbocycles. The topological polar surface area (TPSA) is 47.8 Å². The van der Waals surface area contributed by atoms with Gasteiger partial charge in [-0.05, 0) is 12.3 Å². The first-order valence-electron chi connectivity index (χ1n) is 6.16. The number of carbonyl (C=O) groups excluding carboxylic acids is 1. The lowest BCUT2D eigenvalue weighted by Crippen LogP contribution is -2.05. The van der Waals surface area contributed by atoms with Gasteiger partial charge in [-0.1, -0.05) is 49.4 Å². The van der Waals surface area contributed by atoms with E-state index < -0.39 is 0 Å². The van der Waals surface area contributed by atoms with Gasteiger partial charge in [0.25, 0.3) is 0 Å². The molecule has 0 N–H and O–H groups in total. The van der Waals surface area contributed by atoms with Gasteiger partial charge in [0, 0.05) is 12.1 Å². The predicted octanol–water partition coefficient (Wildman–Crippen LogP) is 2.80. The van der Waals surface area contributed by atoms with E-state index in [0.29, 0.717) is 11.6 Å². The molecule has 0 saturated carbocycles. The lowest BCUT2D eigenvalue weighted by Gasteiger charge is -2.08. The Hall–Kier alpha value is -1.97. The molecule has 4 heteroatoms. The molecular weight excluding hydrogens is 226 g/mol. The number of aldehydes is 1. The van der Waals surface area contributed by atoms with Crippen molar-refractivity contribution >= 4 is 6.29 Å². The van der Waals surface area contributed by atoms with Crippen LogP contribution in [-0.4, -0.2) is 21.3 Å². The molecule has 0 aliphatic rings. The van der Waals surface area contributed by atoms with Crippen LogP contribution in [0.2, 0.25) is 0 Å². The van der Waals surface area contributed by atoms with Crippen molar-refractivity contribution in [3.63, 3.8) is 0 Å². The summed E-state index contributed by atoms with van der Waals surface area (Å²) in [6.07, 6.45) is 1.78. The smallest absolute Gasteiger partial charge is 0.172 e. The van der Waals surface area contributed by atoms with Gasteiger partial charge in [0.2, 0.25) is 0 Å². The zero-order valence-corrected chi connectivity index (χ0v) is 10.7. The van der Waals surface area contributed by atoms with Crippen LogP contribution in [0.15, 0.2) is 30.3 Å². The molecular formula is C14H17N3O. The largest absolute Gasteiger partial charge is 0.296 e. The molecule has 0 bridgehead atoms. The van der Waals surface area contributed by atoms with Gasteiger partial charge in [0.15, 0.2) is 12.0 Å². The maximum Gasteiger partial charge on any atom is 0.172 e. The number of nitrogens with zero attached hydrogens (tertiary/aromatic N) is 3. The molecule has 0 spiro atoms. The highest BCUT2D eigenvalue weighted by Gasteiger charge is 2.14. The van der Waals surface area contributed by atoms with Gasteiger partial charge >= 0.3 is 0 Å². The minimum atomic E-state index is 0.407. The van der Waals surface area contributed by atoms with E-state index in [1.165, 1.54) is 0 Å². The lowest BCUT2D eigenvalue weighted by molar-refractivity contribution is 0.111. The standard InChI is InChI=1S/C14H17N3O/c1-11(2)8-9-17-14(13(10-18)15-16-17)12-6-4-3-5-7-12/h3-7,10-11H,8-9H2,1-2H3. The summed E-state index contributed by atoms with van der Waals surface area (Å²) < 4.78 is 1.82. The normalized spacial score (nSPS) is 10.8. The molecule has 94 valence electrons. The fourth-order valence-electron chi connectivity index (χ4n) is 1.84. The number of aryl methyl sites for hydroxylation is 1. The van der Waals surface area contributed by atoms with Crippen LogP contribution in [0.1, 0.15) is 30.8 Å². The summed E-state index contributed by atoms with van der Waals surface area (Å²) in [6, 6.07) is 9.79. The molecule has 2 aromatic rings. The summed E-state index contributed by atoms with van der Waals surface area (Å²) in [5.41, 5.74) is 2.20. The molecule has 0 amide bonds. The Morgan fingerprint density at radius 3 is 2.61 bits per heavy atom. The third-order valence-corrected chi connectivity index (χ3v) is 2.84. The Labute approximate surface area is 107 Å². The summed E-state index contributed by atoms with van der Waals surface area (Å²) in [7, 11) is 0. The van der Waals surface area contributed by atoms with E-state index in [2.05, 4.69) is 24.2 Å². The summed E-state index contributed by atoms with van der Waals surface area (Å²) in [5.74, 6) is 0.595. The van der Waals surface area contributed by atoms with Crippen molar-refractivity contribution in [1.29, 1.82) is 0 Å². The Bertz CT molecular complexity index is 517. The van der Waals surface area contributed by atoms with Gasteiger partial charge in [0.05, 0.1) is 5.69 Å². The van der Waals surface area contributed by atoms with Crippen molar-refractivity contribution in [2.45, 2.75) is 26.8 Å². The highest BCUT2D eigenvalue weighted by molar-refractivity contribution is 5.83. The monoisotopic (exact) mass is 243 g/mol. The molecule has 2 rings (SSSR count). The highest BCUT2D eigenvalue weighted by Crippen LogP contribution is 2.21. The van der Waals surface area contributed by atoms with Crippen molar-refractivity contribution in [2.75, 3.05) is 0 Å². The van der Waals surface area contributed by atoms with Crippen LogP contribution in [0.5, 0.6) is 0 Å².